The Balaban J connectivity index is 1.03. The third-order valence-electron chi connectivity index (χ3n) is 11.5. The van der Waals surface area contributed by atoms with Crippen molar-refractivity contribution in [2.75, 3.05) is 0 Å². The molecule has 0 unspecified atom stereocenters. The third kappa shape index (κ3) is 4.60. The van der Waals surface area contributed by atoms with E-state index in [4.69, 9.17) is 9.97 Å². The molecule has 56 heavy (non-hydrogen) atoms. The van der Waals surface area contributed by atoms with E-state index in [0.29, 0.717) is 5.82 Å². The fourth-order valence-electron chi connectivity index (χ4n) is 8.87. The normalized spacial score (nSPS) is 11.9. The summed E-state index contributed by atoms with van der Waals surface area (Å²) >= 11 is 0. The summed E-state index contributed by atoms with van der Waals surface area (Å²) in [6, 6.07) is 69.6. The summed E-state index contributed by atoms with van der Waals surface area (Å²) in [5.74, 6) is 0.708. The highest BCUT2D eigenvalue weighted by Crippen LogP contribution is 2.40. The number of fused-ring (bicyclic) bond motifs is 12. The van der Waals surface area contributed by atoms with Crippen molar-refractivity contribution in [3.05, 3.63) is 194 Å². The molecular formula is C52H32N4. The van der Waals surface area contributed by atoms with Gasteiger partial charge in [0.1, 0.15) is 0 Å². The fraction of sp³-hybridized carbons (Fsp3) is 0. The van der Waals surface area contributed by atoms with E-state index in [0.717, 1.165) is 33.4 Å². The number of nitrogens with zero attached hydrogens (tertiary/aromatic N) is 4. The van der Waals surface area contributed by atoms with Crippen LogP contribution in [0.2, 0.25) is 0 Å². The van der Waals surface area contributed by atoms with Crippen LogP contribution in [0.25, 0.3) is 110 Å². The van der Waals surface area contributed by atoms with Gasteiger partial charge in [-0.05, 0) is 77.2 Å². The number of benzene rings is 8. The van der Waals surface area contributed by atoms with Crippen molar-refractivity contribution in [1.29, 1.82) is 0 Å². The van der Waals surface area contributed by atoms with Gasteiger partial charge < -0.3 is 8.97 Å². The van der Waals surface area contributed by atoms with Crippen LogP contribution in [0, 0.1) is 0 Å². The molecular weight excluding hydrogens is 681 g/mol. The summed E-state index contributed by atoms with van der Waals surface area (Å²) in [5.41, 5.74) is 13.3. The summed E-state index contributed by atoms with van der Waals surface area (Å²) in [6.45, 7) is 0. The van der Waals surface area contributed by atoms with Gasteiger partial charge in [-0.2, -0.15) is 0 Å². The molecule has 0 saturated heterocycles. The zero-order valence-corrected chi connectivity index (χ0v) is 30.3. The number of rotatable bonds is 4. The molecule has 4 heterocycles. The monoisotopic (exact) mass is 712 g/mol. The van der Waals surface area contributed by atoms with Gasteiger partial charge in [-0.1, -0.05) is 133 Å². The lowest BCUT2D eigenvalue weighted by molar-refractivity contribution is 1.17. The molecule has 0 bridgehead atoms. The average molecular weight is 713 g/mol. The fourth-order valence-corrected chi connectivity index (χ4v) is 8.87. The molecule has 0 saturated carbocycles. The maximum Gasteiger partial charge on any atom is 0.160 e. The molecule has 0 aliphatic rings. The Labute approximate surface area is 322 Å². The predicted octanol–water partition coefficient (Wildman–Crippen LogP) is 13.4. The molecule has 4 heteroatoms. The standard InChI is InChI=1S/C52H32N4/c1-2-12-33(13-3-1)34-22-24-35(25-23-34)51-42-18-7-9-19-45(42)53-52(54-51)36-26-28-38(29-27-36)55-47-21-11-8-17-41(47)44-31-43-39-15-5-6-16-40(39)48-30-37-14-4-10-20-46(37)56(48)50(43)32-49(44)55/h1-32H. The van der Waals surface area contributed by atoms with Crippen molar-refractivity contribution in [3.8, 4) is 39.5 Å². The van der Waals surface area contributed by atoms with Gasteiger partial charge in [-0.15, -0.1) is 0 Å². The molecule has 0 amide bonds. The van der Waals surface area contributed by atoms with Crippen LogP contribution in [-0.2, 0) is 0 Å². The molecule has 0 atom stereocenters. The van der Waals surface area contributed by atoms with Crippen LogP contribution in [0.5, 0.6) is 0 Å². The number of pyridine rings is 1. The summed E-state index contributed by atoms with van der Waals surface area (Å²) in [5, 5.41) is 8.52. The number of aromatic nitrogens is 4. The highest BCUT2D eigenvalue weighted by atomic mass is 15.0. The second-order valence-corrected chi connectivity index (χ2v) is 14.6. The lowest BCUT2D eigenvalue weighted by atomic mass is 10.0. The predicted molar refractivity (Wildman–Crippen MR) is 234 cm³/mol. The van der Waals surface area contributed by atoms with Gasteiger partial charge in [0.05, 0.1) is 38.8 Å². The Bertz CT molecular complexity index is 3500. The minimum Gasteiger partial charge on any atom is -0.309 e. The summed E-state index contributed by atoms with van der Waals surface area (Å²) in [6.07, 6.45) is 0. The Hall–Kier alpha value is -7.56. The molecule has 0 spiro atoms. The average Bonchev–Trinajstić information content (AvgIpc) is 3.82. The van der Waals surface area contributed by atoms with Gasteiger partial charge in [-0.3, -0.25) is 0 Å². The van der Waals surface area contributed by atoms with Gasteiger partial charge in [0.2, 0.25) is 0 Å². The molecule has 260 valence electrons. The largest absolute Gasteiger partial charge is 0.309 e. The minimum atomic E-state index is 0.708. The lowest BCUT2D eigenvalue weighted by Gasteiger charge is -2.13. The highest BCUT2D eigenvalue weighted by Gasteiger charge is 2.19. The van der Waals surface area contributed by atoms with Crippen LogP contribution in [0.15, 0.2) is 194 Å². The van der Waals surface area contributed by atoms with Crippen LogP contribution < -0.4 is 0 Å². The molecule has 12 aromatic rings. The molecule has 4 aromatic heterocycles. The Morgan fingerprint density at radius 1 is 0.321 bits per heavy atom. The zero-order valence-electron chi connectivity index (χ0n) is 30.3. The number of hydrogen-bond acceptors (Lipinski definition) is 2. The molecule has 0 N–H and O–H groups in total. The van der Waals surface area contributed by atoms with E-state index in [-0.39, 0.29) is 0 Å². The first-order valence-electron chi connectivity index (χ1n) is 19.1. The van der Waals surface area contributed by atoms with E-state index in [2.05, 4.69) is 191 Å². The SMILES string of the molecule is c1ccc(-c2ccc(-c3nc(-c4ccc(-n5c6ccccc6c6cc7c8ccccc8c8cc9ccccc9n8c7cc65)cc4)nc4ccccc34)cc2)cc1. The van der Waals surface area contributed by atoms with Crippen molar-refractivity contribution in [2.24, 2.45) is 0 Å². The summed E-state index contributed by atoms with van der Waals surface area (Å²) in [7, 11) is 0. The van der Waals surface area contributed by atoms with Crippen LogP contribution in [0.4, 0.5) is 0 Å². The lowest BCUT2D eigenvalue weighted by Crippen LogP contribution is -1.97. The van der Waals surface area contributed by atoms with Crippen LogP contribution >= 0.6 is 0 Å². The van der Waals surface area contributed by atoms with Gasteiger partial charge in [0.15, 0.2) is 5.82 Å². The first kappa shape index (κ1) is 30.9. The maximum atomic E-state index is 5.22. The number of hydrogen-bond donors (Lipinski definition) is 0. The van der Waals surface area contributed by atoms with Gasteiger partial charge in [0, 0.05) is 49.1 Å². The van der Waals surface area contributed by atoms with E-state index >= 15 is 0 Å². The summed E-state index contributed by atoms with van der Waals surface area (Å²) in [4.78, 5) is 10.3. The molecule has 0 aliphatic carbocycles. The Kier molecular flexibility index (Phi) is 6.60. The van der Waals surface area contributed by atoms with Crippen LogP contribution in [0.1, 0.15) is 0 Å². The van der Waals surface area contributed by atoms with E-state index in [1.54, 1.807) is 0 Å². The second kappa shape index (κ2) is 12.0. The molecule has 8 aromatic carbocycles. The molecule has 0 fully saturated rings. The van der Waals surface area contributed by atoms with Gasteiger partial charge >= 0.3 is 0 Å². The Morgan fingerprint density at radius 3 is 1.70 bits per heavy atom. The van der Waals surface area contributed by atoms with Crippen molar-refractivity contribution in [3.63, 3.8) is 0 Å². The van der Waals surface area contributed by atoms with Crippen molar-refractivity contribution in [2.45, 2.75) is 0 Å². The smallest absolute Gasteiger partial charge is 0.160 e. The molecule has 4 nitrogen and oxygen atoms in total. The van der Waals surface area contributed by atoms with E-state index < -0.39 is 0 Å². The summed E-state index contributed by atoms with van der Waals surface area (Å²) < 4.78 is 4.85. The van der Waals surface area contributed by atoms with Gasteiger partial charge in [-0.25, -0.2) is 9.97 Å². The highest BCUT2D eigenvalue weighted by molar-refractivity contribution is 6.21. The topological polar surface area (TPSA) is 35.1 Å². The van der Waals surface area contributed by atoms with Crippen LogP contribution in [0.3, 0.4) is 0 Å². The minimum absolute atomic E-state index is 0.708. The van der Waals surface area contributed by atoms with E-state index in [9.17, 15) is 0 Å². The van der Waals surface area contributed by atoms with Crippen molar-refractivity contribution < 1.29 is 0 Å². The van der Waals surface area contributed by atoms with E-state index in [1.165, 1.54) is 71.0 Å². The molecule has 0 radical (unpaired) electrons. The van der Waals surface area contributed by atoms with Gasteiger partial charge in [0.25, 0.3) is 0 Å². The van der Waals surface area contributed by atoms with Crippen molar-refractivity contribution >= 4 is 70.8 Å². The quantitative estimate of drug-likeness (QED) is 0.170. The number of para-hydroxylation sites is 3. The third-order valence-corrected chi connectivity index (χ3v) is 11.5. The first-order valence-corrected chi connectivity index (χ1v) is 19.1. The van der Waals surface area contributed by atoms with Crippen LogP contribution in [-0.4, -0.2) is 18.9 Å². The van der Waals surface area contributed by atoms with Crippen molar-refractivity contribution in [1.82, 2.24) is 18.9 Å². The molecule has 12 rings (SSSR count). The first-order chi connectivity index (χ1) is 27.8. The second-order valence-electron chi connectivity index (χ2n) is 14.6. The maximum absolute atomic E-state index is 5.22. The molecule has 0 aliphatic heterocycles. The zero-order chi connectivity index (χ0) is 36.7. The van der Waals surface area contributed by atoms with E-state index in [1.807, 2.05) is 12.1 Å². The Morgan fingerprint density at radius 2 is 0.893 bits per heavy atom.